The van der Waals surface area contributed by atoms with Crippen LogP contribution in [0.1, 0.15) is 37.4 Å². The summed E-state index contributed by atoms with van der Waals surface area (Å²) in [6.45, 7) is 7.88. The van der Waals surface area contributed by atoms with Gasteiger partial charge in [0.15, 0.2) is 0 Å². The zero-order valence-corrected chi connectivity index (χ0v) is 19.0. The van der Waals surface area contributed by atoms with E-state index in [1.54, 1.807) is 0 Å². The molecule has 0 radical (unpaired) electrons. The van der Waals surface area contributed by atoms with Crippen LogP contribution in [0.15, 0.2) is 65.2 Å². The molecule has 0 N–H and O–H groups in total. The summed E-state index contributed by atoms with van der Waals surface area (Å²) >= 11 is 0. The second-order valence-electron chi connectivity index (χ2n) is 8.25. The van der Waals surface area contributed by atoms with Gasteiger partial charge in [-0.3, -0.25) is 14.6 Å². The predicted octanol–water partition coefficient (Wildman–Crippen LogP) is 3.63. The first-order valence-corrected chi connectivity index (χ1v) is 11.3. The average molecular weight is 434 g/mol. The van der Waals surface area contributed by atoms with E-state index in [1.165, 1.54) is 0 Å². The first kappa shape index (κ1) is 22.2. The molecule has 0 saturated carbocycles. The van der Waals surface area contributed by atoms with Crippen LogP contribution in [-0.2, 0) is 4.79 Å². The number of benzene rings is 2. The Bertz CT molecular complexity index is 999. The van der Waals surface area contributed by atoms with Gasteiger partial charge in [0.1, 0.15) is 6.04 Å². The normalized spacial score (nSPS) is 16.8. The van der Waals surface area contributed by atoms with Gasteiger partial charge in [-0.1, -0.05) is 72.7 Å². The maximum Gasteiger partial charge on any atom is 0.244 e. The second-order valence-corrected chi connectivity index (χ2v) is 8.25. The molecule has 0 bridgehead atoms. The molecule has 2 atom stereocenters. The molecule has 1 aliphatic heterocycles. The van der Waals surface area contributed by atoms with Crippen LogP contribution >= 0.6 is 0 Å². The summed E-state index contributed by atoms with van der Waals surface area (Å²) in [4.78, 5) is 24.4. The number of nitrogens with zero attached hydrogens (tertiary/aromatic N) is 5. The van der Waals surface area contributed by atoms with Gasteiger partial charge in [-0.15, -0.1) is 0 Å². The minimum atomic E-state index is -0.255. The topological polar surface area (TPSA) is 65.7 Å². The molecule has 7 heteroatoms. The van der Waals surface area contributed by atoms with Crippen molar-refractivity contribution in [2.24, 2.45) is 0 Å². The molecule has 32 heavy (non-hydrogen) atoms. The molecular weight excluding hydrogens is 402 g/mol. The van der Waals surface area contributed by atoms with E-state index < -0.39 is 0 Å². The minimum absolute atomic E-state index is 0.000417. The molecule has 1 aromatic heterocycles. The molecule has 4 rings (SSSR count). The van der Waals surface area contributed by atoms with Gasteiger partial charge in [-0.05, 0) is 26.1 Å². The Morgan fingerprint density at radius 1 is 1.03 bits per heavy atom. The lowest BCUT2D eigenvalue weighted by molar-refractivity contribution is -0.139. The summed E-state index contributed by atoms with van der Waals surface area (Å²) in [6.07, 6.45) is 0. The highest BCUT2D eigenvalue weighted by Crippen LogP contribution is 2.26. The van der Waals surface area contributed by atoms with Crippen molar-refractivity contribution < 1.29 is 9.32 Å². The van der Waals surface area contributed by atoms with Crippen LogP contribution in [0, 0.1) is 0 Å². The molecule has 2 heterocycles. The Morgan fingerprint density at radius 3 is 2.28 bits per heavy atom. The predicted molar refractivity (Wildman–Crippen MR) is 124 cm³/mol. The molecule has 7 nitrogen and oxygen atoms in total. The van der Waals surface area contributed by atoms with Crippen molar-refractivity contribution in [3.63, 3.8) is 0 Å². The molecule has 1 fully saturated rings. The largest absolute Gasteiger partial charge is 0.338 e. The summed E-state index contributed by atoms with van der Waals surface area (Å²) in [5, 5.41) is 4.15. The summed E-state index contributed by atoms with van der Waals surface area (Å²) in [5.41, 5.74) is 1.98. The number of rotatable bonds is 7. The van der Waals surface area contributed by atoms with Crippen LogP contribution in [0.5, 0.6) is 0 Å². The Morgan fingerprint density at radius 2 is 1.66 bits per heavy atom. The maximum absolute atomic E-state index is 13.4. The summed E-state index contributed by atoms with van der Waals surface area (Å²) in [5.74, 6) is 1.38. The van der Waals surface area contributed by atoms with E-state index in [0.29, 0.717) is 24.8 Å². The summed E-state index contributed by atoms with van der Waals surface area (Å²) in [6, 6.07) is 19.6. The van der Waals surface area contributed by atoms with Gasteiger partial charge in [0, 0.05) is 31.7 Å². The Hall–Kier alpha value is -3.03. The number of piperazine rings is 1. The third-order valence-electron chi connectivity index (χ3n) is 6.29. The molecule has 2 unspecified atom stereocenters. The molecule has 3 aromatic rings. The van der Waals surface area contributed by atoms with E-state index in [0.717, 1.165) is 30.8 Å². The fourth-order valence-corrected chi connectivity index (χ4v) is 4.17. The highest BCUT2D eigenvalue weighted by atomic mass is 16.5. The lowest BCUT2D eigenvalue weighted by Gasteiger charge is -2.39. The van der Waals surface area contributed by atoms with Crippen LogP contribution in [0.2, 0.25) is 0 Å². The quantitative estimate of drug-likeness (QED) is 0.567. The lowest BCUT2D eigenvalue weighted by atomic mass is 10.0. The van der Waals surface area contributed by atoms with E-state index in [1.807, 2.05) is 72.6 Å². The van der Waals surface area contributed by atoms with Gasteiger partial charge in [0.2, 0.25) is 17.6 Å². The maximum atomic E-state index is 13.4. The van der Waals surface area contributed by atoms with Crippen LogP contribution in [-0.4, -0.2) is 70.5 Å². The fraction of sp³-hybridized carbons (Fsp3) is 0.400. The van der Waals surface area contributed by atoms with Crippen LogP contribution in [0.3, 0.4) is 0 Å². The summed E-state index contributed by atoms with van der Waals surface area (Å²) in [7, 11) is 2.01. The average Bonchev–Trinajstić information content (AvgIpc) is 3.35. The van der Waals surface area contributed by atoms with Crippen molar-refractivity contribution in [3.05, 3.63) is 72.1 Å². The van der Waals surface area contributed by atoms with E-state index in [2.05, 4.69) is 33.8 Å². The lowest BCUT2D eigenvalue weighted by Crippen LogP contribution is -2.52. The first-order valence-electron chi connectivity index (χ1n) is 11.3. The first-order chi connectivity index (χ1) is 15.6. The van der Waals surface area contributed by atoms with E-state index in [9.17, 15) is 4.79 Å². The Labute approximate surface area is 189 Å². The van der Waals surface area contributed by atoms with Gasteiger partial charge >= 0.3 is 0 Å². The number of carbonyl (C=O) groups excluding carboxylic acids is 1. The smallest absolute Gasteiger partial charge is 0.244 e. The number of hydrogen-bond acceptors (Lipinski definition) is 6. The zero-order valence-electron chi connectivity index (χ0n) is 19.0. The Kier molecular flexibility index (Phi) is 6.97. The second kappa shape index (κ2) is 10.1. The van der Waals surface area contributed by atoms with E-state index >= 15 is 0 Å². The van der Waals surface area contributed by atoms with Crippen LogP contribution in [0.25, 0.3) is 11.4 Å². The molecular formula is C25H31N5O2. The zero-order chi connectivity index (χ0) is 22.5. The molecule has 2 aromatic carbocycles. The van der Waals surface area contributed by atoms with Crippen molar-refractivity contribution >= 4 is 5.91 Å². The third-order valence-corrected chi connectivity index (χ3v) is 6.29. The van der Waals surface area contributed by atoms with Gasteiger partial charge in [0.25, 0.3) is 0 Å². The summed E-state index contributed by atoms with van der Waals surface area (Å²) < 4.78 is 5.56. The number of amides is 1. The Balaban J connectivity index is 1.40. The molecule has 0 aliphatic carbocycles. The van der Waals surface area contributed by atoms with Crippen molar-refractivity contribution in [2.75, 3.05) is 39.8 Å². The number of likely N-dealkylation sites (N-methyl/N-ethyl adjacent to an activating group) is 1. The molecule has 168 valence electrons. The fourth-order valence-electron chi connectivity index (χ4n) is 4.17. The van der Waals surface area contributed by atoms with Crippen molar-refractivity contribution in [1.29, 1.82) is 0 Å². The van der Waals surface area contributed by atoms with Crippen molar-refractivity contribution in [3.8, 4) is 11.4 Å². The van der Waals surface area contributed by atoms with Gasteiger partial charge in [-0.25, -0.2) is 0 Å². The number of aromatic nitrogens is 2. The molecule has 1 saturated heterocycles. The van der Waals surface area contributed by atoms with Gasteiger partial charge in [0.05, 0.1) is 6.04 Å². The number of carbonyl (C=O) groups is 1. The monoisotopic (exact) mass is 433 g/mol. The molecule has 0 spiro atoms. The third kappa shape index (κ3) is 4.74. The van der Waals surface area contributed by atoms with E-state index in [-0.39, 0.29) is 18.0 Å². The number of hydrogen-bond donors (Lipinski definition) is 0. The molecule has 1 aliphatic rings. The van der Waals surface area contributed by atoms with Crippen LogP contribution < -0.4 is 0 Å². The highest BCUT2D eigenvalue weighted by molar-refractivity contribution is 5.83. The SMILES string of the molecule is CCN(C)C(C(=O)N1CCN(C(C)c2nc(-c3ccccc3)no2)CC1)c1ccccc1. The molecule has 1 amide bonds. The van der Waals surface area contributed by atoms with Crippen molar-refractivity contribution in [2.45, 2.75) is 25.9 Å². The minimum Gasteiger partial charge on any atom is -0.338 e. The standard InChI is InChI=1S/C25H31N5O2/c1-4-28(3)22(20-11-7-5-8-12-20)25(31)30-17-15-29(16-18-30)19(2)24-26-23(27-32-24)21-13-9-6-10-14-21/h5-14,19,22H,4,15-18H2,1-3H3. The van der Waals surface area contributed by atoms with Crippen LogP contribution in [0.4, 0.5) is 0 Å². The van der Waals surface area contributed by atoms with E-state index in [4.69, 9.17) is 4.52 Å². The van der Waals surface area contributed by atoms with Gasteiger partial charge in [-0.2, -0.15) is 4.98 Å². The highest BCUT2D eigenvalue weighted by Gasteiger charge is 2.33. The van der Waals surface area contributed by atoms with Crippen molar-refractivity contribution in [1.82, 2.24) is 24.8 Å². The van der Waals surface area contributed by atoms with Gasteiger partial charge < -0.3 is 9.42 Å².